The standard InChI is InChI=1S/C17H21ClN4O2S/c1-12-9-13(5-6-14(12)18)24-10-15-19-20-17(21(15)2)25-11-16(23)22-7-3-4-8-22/h5-6,9H,3-4,7-8,10-11H2,1-2H3. The van der Waals surface area contributed by atoms with Gasteiger partial charge in [0.1, 0.15) is 12.4 Å². The Bertz CT molecular complexity index is 759. The number of hydrogen-bond acceptors (Lipinski definition) is 5. The highest BCUT2D eigenvalue weighted by Crippen LogP contribution is 2.22. The number of amides is 1. The zero-order valence-corrected chi connectivity index (χ0v) is 15.9. The van der Waals surface area contributed by atoms with E-state index in [1.165, 1.54) is 11.8 Å². The number of benzene rings is 1. The molecule has 0 N–H and O–H groups in total. The van der Waals surface area contributed by atoms with Crippen LogP contribution in [0.5, 0.6) is 5.75 Å². The van der Waals surface area contributed by atoms with Crippen LogP contribution < -0.4 is 4.74 Å². The van der Waals surface area contributed by atoms with Crippen LogP contribution in [0, 0.1) is 6.92 Å². The number of aryl methyl sites for hydroxylation is 1. The number of nitrogens with zero attached hydrogens (tertiary/aromatic N) is 4. The summed E-state index contributed by atoms with van der Waals surface area (Å²) in [5.41, 5.74) is 0.966. The molecule has 134 valence electrons. The fourth-order valence-corrected chi connectivity index (χ4v) is 3.59. The van der Waals surface area contributed by atoms with Crippen molar-refractivity contribution in [2.24, 2.45) is 7.05 Å². The van der Waals surface area contributed by atoms with Crippen molar-refractivity contribution in [2.45, 2.75) is 31.5 Å². The van der Waals surface area contributed by atoms with E-state index < -0.39 is 0 Å². The quantitative estimate of drug-likeness (QED) is 0.721. The Morgan fingerprint density at radius 1 is 1.32 bits per heavy atom. The third kappa shape index (κ3) is 4.46. The van der Waals surface area contributed by atoms with Crippen LogP contribution in [0.3, 0.4) is 0 Å². The Kier molecular flexibility index (Phi) is 5.86. The van der Waals surface area contributed by atoms with Gasteiger partial charge in [0.2, 0.25) is 5.91 Å². The summed E-state index contributed by atoms with van der Waals surface area (Å²) >= 11 is 7.43. The largest absolute Gasteiger partial charge is 0.486 e. The number of aromatic nitrogens is 3. The number of halogens is 1. The highest BCUT2D eigenvalue weighted by Gasteiger charge is 2.19. The topological polar surface area (TPSA) is 60.3 Å². The molecule has 0 bridgehead atoms. The molecule has 1 aliphatic heterocycles. The molecule has 8 heteroatoms. The molecule has 0 unspecified atom stereocenters. The lowest BCUT2D eigenvalue weighted by Gasteiger charge is -2.14. The van der Waals surface area contributed by atoms with E-state index in [0.29, 0.717) is 23.2 Å². The van der Waals surface area contributed by atoms with E-state index in [1.807, 2.05) is 41.6 Å². The fraction of sp³-hybridized carbons (Fsp3) is 0.471. The smallest absolute Gasteiger partial charge is 0.233 e. The maximum Gasteiger partial charge on any atom is 0.233 e. The zero-order chi connectivity index (χ0) is 17.8. The molecule has 1 aromatic heterocycles. The molecule has 25 heavy (non-hydrogen) atoms. The first-order chi connectivity index (χ1) is 12.0. The number of thioether (sulfide) groups is 1. The first kappa shape index (κ1) is 18.1. The monoisotopic (exact) mass is 380 g/mol. The summed E-state index contributed by atoms with van der Waals surface area (Å²) in [6, 6.07) is 5.54. The molecular formula is C17H21ClN4O2S. The van der Waals surface area contributed by atoms with E-state index in [-0.39, 0.29) is 5.91 Å². The minimum Gasteiger partial charge on any atom is -0.486 e. The van der Waals surface area contributed by atoms with Gasteiger partial charge in [-0.25, -0.2) is 0 Å². The van der Waals surface area contributed by atoms with Gasteiger partial charge in [0.05, 0.1) is 5.75 Å². The normalized spacial score (nSPS) is 14.1. The lowest BCUT2D eigenvalue weighted by molar-refractivity contribution is -0.127. The molecule has 6 nitrogen and oxygen atoms in total. The zero-order valence-electron chi connectivity index (χ0n) is 14.4. The molecule has 3 rings (SSSR count). The first-order valence-corrected chi connectivity index (χ1v) is 9.59. The predicted molar refractivity (Wildman–Crippen MR) is 98.1 cm³/mol. The number of hydrogen-bond donors (Lipinski definition) is 0. The van der Waals surface area contributed by atoms with Gasteiger partial charge in [-0.2, -0.15) is 0 Å². The van der Waals surface area contributed by atoms with Crippen LogP contribution >= 0.6 is 23.4 Å². The average molecular weight is 381 g/mol. The maximum absolute atomic E-state index is 12.1. The van der Waals surface area contributed by atoms with Gasteiger partial charge in [-0.05, 0) is 43.5 Å². The molecule has 1 fully saturated rings. The number of carbonyl (C=O) groups is 1. The molecule has 2 aromatic rings. The molecular weight excluding hydrogens is 360 g/mol. The summed E-state index contributed by atoms with van der Waals surface area (Å²) in [4.78, 5) is 14.0. The average Bonchev–Trinajstić information content (AvgIpc) is 3.24. The lowest BCUT2D eigenvalue weighted by Crippen LogP contribution is -2.29. The second kappa shape index (κ2) is 8.10. The summed E-state index contributed by atoms with van der Waals surface area (Å²) < 4.78 is 7.63. The third-order valence-corrected chi connectivity index (χ3v) is 5.64. The van der Waals surface area contributed by atoms with E-state index in [9.17, 15) is 4.79 Å². The van der Waals surface area contributed by atoms with Crippen LogP contribution in [-0.2, 0) is 18.4 Å². The van der Waals surface area contributed by atoms with Gasteiger partial charge >= 0.3 is 0 Å². The van der Waals surface area contributed by atoms with Gasteiger partial charge < -0.3 is 14.2 Å². The van der Waals surface area contributed by atoms with Gasteiger partial charge in [0.25, 0.3) is 0 Å². The molecule has 0 aliphatic carbocycles. The van der Waals surface area contributed by atoms with E-state index in [0.717, 1.165) is 42.4 Å². The highest BCUT2D eigenvalue weighted by atomic mass is 35.5. The maximum atomic E-state index is 12.1. The lowest BCUT2D eigenvalue weighted by atomic mass is 10.2. The van der Waals surface area contributed by atoms with E-state index in [2.05, 4.69) is 10.2 Å². The number of rotatable bonds is 6. The second-order valence-electron chi connectivity index (χ2n) is 6.03. The Hall–Kier alpha value is -1.73. The minimum atomic E-state index is 0.167. The van der Waals surface area contributed by atoms with Crippen molar-refractivity contribution in [3.05, 3.63) is 34.6 Å². The molecule has 0 atom stereocenters. The summed E-state index contributed by atoms with van der Waals surface area (Å²) in [6.07, 6.45) is 2.21. The number of ether oxygens (including phenoxy) is 1. The molecule has 0 radical (unpaired) electrons. The molecule has 1 aliphatic rings. The van der Waals surface area contributed by atoms with Crippen molar-refractivity contribution >= 4 is 29.3 Å². The van der Waals surface area contributed by atoms with E-state index >= 15 is 0 Å². The highest BCUT2D eigenvalue weighted by molar-refractivity contribution is 7.99. The van der Waals surface area contributed by atoms with Crippen molar-refractivity contribution in [3.63, 3.8) is 0 Å². The van der Waals surface area contributed by atoms with Crippen LogP contribution in [0.25, 0.3) is 0 Å². The van der Waals surface area contributed by atoms with E-state index in [1.54, 1.807) is 0 Å². The number of likely N-dealkylation sites (tertiary alicyclic amines) is 1. The van der Waals surface area contributed by atoms with Gasteiger partial charge in [-0.15, -0.1) is 10.2 Å². The van der Waals surface area contributed by atoms with Crippen LogP contribution in [0.15, 0.2) is 23.4 Å². The Labute approximate surface area is 156 Å². The summed E-state index contributed by atoms with van der Waals surface area (Å²) in [5, 5.41) is 9.76. The van der Waals surface area contributed by atoms with Crippen LogP contribution in [0.2, 0.25) is 5.02 Å². The first-order valence-electron chi connectivity index (χ1n) is 8.22. The van der Waals surface area contributed by atoms with Gasteiger partial charge in [0, 0.05) is 25.2 Å². The Balaban J connectivity index is 1.55. The van der Waals surface area contributed by atoms with Gasteiger partial charge in [0.15, 0.2) is 11.0 Å². The Morgan fingerprint density at radius 3 is 2.80 bits per heavy atom. The van der Waals surface area contributed by atoms with Gasteiger partial charge in [-0.3, -0.25) is 4.79 Å². The third-order valence-electron chi connectivity index (χ3n) is 4.21. The predicted octanol–water partition coefficient (Wildman–Crippen LogP) is 3.07. The van der Waals surface area contributed by atoms with Crippen molar-refractivity contribution in [2.75, 3.05) is 18.8 Å². The van der Waals surface area contributed by atoms with E-state index in [4.69, 9.17) is 16.3 Å². The molecule has 1 aromatic carbocycles. The molecule has 0 saturated carbocycles. The van der Waals surface area contributed by atoms with Crippen molar-refractivity contribution < 1.29 is 9.53 Å². The summed E-state index contributed by atoms with van der Waals surface area (Å²) in [6.45, 7) is 3.99. The van der Waals surface area contributed by atoms with Crippen molar-refractivity contribution in [1.29, 1.82) is 0 Å². The van der Waals surface area contributed by atoms with Crippen molar-refractivity contribution in [1.82, 2.24) is 19.7 Å². The van der Waals surface area contributed by atoms with Crippen LogP contribution in [0.4, 0.5) is 0 Å². The van der Waals surface area contributed by atoms with Crippen molar-refractivity contribution in [3.8, 4) is 5.75 Å². The molecule has 1 saturated heterocycles. The minimum absolute atomic E-state index is 0.167. The van der Waals surface area contributed by atoms with Crippen LogP contribution in [0.1, 0.15) is 24.2 Å². The number of carbonyl (C=O) groups excluding carboxylic acids is 1. The van der Waals surface area contributed by atoms with Gasteiger partial charge in [-0.1, -0.05) is 23.4 Å². The molecule has 1 amide bonds. The Morgan fingerprint density at radius 2 is 2.08 bits per heavy atom. The van der Waals surface area contributed by atoms with Crippen LogP contribution in [-0.4, -0.2) is 44.4 Å². The molecule has 0 spiro atoms. The fourth-order valence-electron chi connectivity index (χ4n) is 2.64. The SMILES string of the molecule is Cc1cc(OCc2nnc(SCC(=O)N3CCCC3)n2C)ccc1Cl. The summed E-state index contributed by atoms with van der Waals surface area (Å²) in [5.74, 6) is 2.01. The molecule has 2 heterocycles. The summed E-state index contributed by atoms with van der Waals surface area (Å²) in [7, 11) is 1.88. The second-order valence-corrected chi connectivity index (χ2v) is 7.38.